The fraction of sp³-hybridized carbons (Fsp3) is 0.474. The summed E-state index contributed by atoms with van der Waals surface area (Å²) in [5, 5.41) is 8.55. The second-order valence-corrected chi connectivity index (χ2v) is 6.91. The van der Waals surface area contributed by atoms with E-state index in [0.29, 0.717) is 38.4 Å². The van der Waals surface area contributed by atoms with Gasteiger partial charge in [-0.2, -0.15) is 5.10 Å². The summed E-state index contributed by atoms with van der Waals surface area (Å²) in [7, 11) is 0. The third-order valence-corrected chi connectivity index (χ3v) is 5.14. The average Bonchev–Trinajstić information content (AvgIpc) is 3.47. The molecule has 4 heterocycles. The minimum atomic E-state index is -0.619. The van der Waals surface area contributed by atoms with Gasteiger partial charge in [0.25, 0.3) is 11.8 Å². The largest absolute Gasteiger partial charge is 0.459 e. The number of carbonyl (C=O) groups is 2. The quantitative estimate of drug-likeness (QED) is 0.790. The van der Waals surface area contributed by atoms with Gasteiger partial charge in [0.2, 0.25) is 6.10 Å². The molecule has 148 valence electrons. The Morgan fingerprint density at radius 2 is 1.96 bits per heavy atom. The summed E-state index contributed by atoms with van der Waals surface area (Å²) in [6, 6.07) is 3.34. The van der Waals surface area contributed by atoms with Crippen molar-refractivity contribution in [2.75, 3.05) is 26.2 Å². The van der Waals surface area contributed by atoms with E-state index in [4.69, 9.17) is 9.25 Å². The minimum Gasteiger partial charge on any atom is -0.459 e. The van der Waals surface area contributed by atoms with E-state index < -0.39 is 6.10 Å². The molecule has 2 aliphatic rings. The zero-order chi connectivity index (χ0) is 19.7. The third-order valence-electron chi connectivity index (χ3n) is 5.14. The Morgan fingerprint density at radius 3 is 2.61 bits per heavy atom. The van der Waals surface area contributed by atoms with E-state index >= 15 is 0 Å². The molecule has 0 saturated carbocycles. The van der Waals surface area contributed by atoms with Crippen molar-refractivity contribution in [3.63, 3.8) is 0 Å². The van der Waals surface area contributed by atoms with Gasteiger partial charge in [-0.05, 0) is 26.0 Å². The Labute approximate surface area is 162 Å². The summed E-state index contributed by atoms with van der Waals surface area (Å²) in [5.74, 6) is 0.0765. The number of rotatable bonds is 4. The third kappa shape index (κ3) is 3.39. The standard InChI is InChI=1S/C19H23N5O4/c1-3-24-12-14(13(2)20-24)15-11-17(28-21-15)19(26)23-8-6-22(7-9-23)18(25)16-5-4-10-27-16/h4-5,10,12,17H,3,6-9,11H2,1-2H3/t17-/m0/s1. The molecule has 0 bridgehead atoms. The van der Waals surface area contributed by atoms with E-state index in [1.165, 1.54) is 6.26 Å². The molecule has 2 amide bonds. The number of amides is 2. The lowest BCUT2D eigenvalue weighted by molar-refractivity contribution is -0.143. The molecule has 0 aromatic carbocycles. The van der Waals surface area contributed by atoms with E-state index in [0.717, 1.165) is 23.5 Å². The van der Waals surface area contributed by atoms with Crippen molar-refractivity contribution in [1.82, 2.24) is 19.6 Å². The van der Waals surface area contributed by atoms with Gasteiger partial charge in [-0.1, -0.05) is 5.16 Å². The maximum Gasteiger partial charge on any atom is 0.289 e. The summed E-state index contributed by atoms with van der Waals surface area (Å²) in [6.07, 6.45) is 3.23. The van der Waals surface area contributed by atoms with Crippen molar-refractivity contribution in [3.05, 3.63) is 41.6 Å². The molecule has 1 saturated heterocycles. The first-order valence-corrected chi connectivity index (χ1v) is 9.45. The molecule has 2 aromatic rings. The predicted octanol–water partition coefficient (Wildman–Crippen LogP) is 1.28. The average molecular weight is 385 g/mol. The zero-order valence-electron chi connectivity index (χ0n) is 16.0. The summed E-state index contributed by atoms with van der Waals surface area (Å²) < 4.78 is 7.01. The fourth-order valence-corrected chi connectivity index (χ4v) is 3.52. The normalized spacial score (nSPS) is 19.5. The van der Waals surface area contributed by atoms with E-state index in [1.54, 1.807) is 21.9 Å². The Morgan fingerprint density at radius 1 is 1.21 bits per heavy atom. The Balaban J connectivity index is 1.33. The summed E-state index contributed by atoms with van der Waals surface area (Å²) in [6.45, 7) is 6.58. The molecule has 0 unspecified atom stereocenters. The number of carbonyl (C=O) groups excluding carboxylic acids is 2. The number of hydrogen-bond donors (Lipinski definition) is 0. The molecule has 0 spiro atoms. The van der Waals surface area contributed by atoms with Crippen LogP contribution in [0.25, 0.3) is 0 Å². The predicted molar refractivity (Wildman–Crippen MR) is 99.9 cm³/mol. The number of nitrogens with zero attached hydrogens (tertiary/aromatic N) is 5. The van der Waals surface area contributed by atoms with Crippen LogP contribution in [-0.2, 0) is 16.2 Å². The first-order chi connectivity index (χ1) is 13.6. The van der Waals surface area contributed by atoms with Crippen molar-refractivity contribution in [2.24, 2.45) is 5.16 Å². The van der Waals surface area contributed by atoms with Gasteiger partial charge in [-0.15, -0.1) is 0 Å². The van der Waals surface area contributed by atoms with Crippen molar-refractivity contribution < 1.29 is 18.8 Å². The van der Waals surface area contributed by atoms with Gasteiger partial charge in [0.1, 0.15) is 0 Å². The number of hydrogen-bond acceptors (Lipinski definition) is 6. The molecule has 0 radical (unpaired) electrons. The summed E-state index contributed by atoms with van der Waals surface area (Å²) in [5.41, 5.74) is 2.55. The van der Waals surface area contributed by atoms with Gasteiger partial charge in [0.05, 0.1) is 17.7 Å². The van der Waals surface area contributed by atoms with Crippen LogP contribution in [0.5, 0.6) is 0 Å². The zero-order valence-corrected chi connectivity index (χ0v) is 16.0. The number of piperazine rings is 1. The highest BCUT2D eigenvalue weighted by Gasteiger charge is 2.35. The van der Waals surface area contributed by atoms with E-state index in [1.807, 2.05) is 24.7 Å². The Kier molecular flexibility index (Phi) is 4.89. The van der Waals surface area contributed by atoms with Crippen molar-refractivity contribution in [2.45, 2.75) is 32.9 Å². The summed E-state index contributed by atoms with van der Waals surface area (Å²) >= 11 is 0. The van der Waals surface area contributed by atoms with Crippen molar-refractivity contribution in [1.29, 1.82) is 0 Å². The lowest BCUT2D eigenvalue weighted by Crippen LogP contribution is -2.52. The van der Waals surface area contributed by atoms with Crippen LogP contribution < -0.4 is 0 Å². The highest BCUT2D eigenvalue weighted by molar-refractivity contribution is 6.04. The van der Waals surface area contributed by atoms with Gasteiger partial charge in [0.15, 0.2) is 5.76 Å². The van der Waals surface area contributed by atoms with Gasteiger partial charge in [0, 0.05) is 50.9 Å². The van der Waals surface area contributed by atoms with Crippen molar-refractivity contribution >= 4 is 17.5 Å². The van der Waals surface area contributed by atoms with Crippen LogP contribution in [0.2, 0.25) is 0 Å². The minimum absolute atomic E-state index is 0.0932. The van der Waals surface area contributed by atoms with Crippen molar-refractivity contribution in [3.8, 4) is 0 Å². The van der Waals surface area contributed by atoms with Gasteiger partial charge in [-0.3, -0.25) is 14.3 Å². The molecule has 0 N–H and O–H groups in total. The van der Waals surface area contributed by atoms with E-state index in [-0.39, 0.29) is 11.8 Å². The lowest BCUT2D eigenvalue weighted by atomic mass is 10.1. The molecule has 9 heteroatoms. The highest BCUT2D eigenvalue weighted by Crippen LogP contribution is 2.21. The van der Waals surface area contributed by atoms with E-state index in [9.17, 15) is 9.59 Å². The molecule has 9 nitrogen and oxygen atoms in total. The molecular formula is C19H23N5O4. The van der Waals surface area contributed by atoms with Crippen LogP contribution in [-0.4, -0.2) is 69.4 Å². The smallest absolute Gasteiger partial charge is 0.289 e. The monoisotopic (exact) mass is 385 g/mol. The van der Waals surface area contributed by atoms with Crippen LogP contribution in [0.15, 0.2) is 34.2 Å². The molecule has 28 heavy (non-hydrogen) atoms. The van der Waals surface area contributed by atoms with Crippen LogP contribution in [0.3, 0.4) is 0 Å². The van der Waals surface area contributed by atoms with E-state index in [2.05, 4.69) is 10.3 Å². The number of aryl methyl sites for hydroxylation is 2. The van der Waals surface area contributed by atoms with Crippen LogP contribution in [0.1, 0.15) is 35.2 Å². The second-order valence-electron chi connectivity index (χ2n) is 6.91. The number of furan rings is 1. The second kappa shape index (κ2) is 7.49. The van der Waals surface area contributed by atoms with Gasteiger partial charge in [-0.25, -0.2) is 0 Å². The van der Waals surface area contributed by atoms with Crippen LogP contribution >= 0.6 is 0 Å². The molecule has 1 fully saturated rings. The molecule has 1 atom stereocenters. The Bertz CT molecular complexity index is 894. The number of aromatic nitrogens is 2. The van der Waals surface area contributed by atoms with Gasteiger partial charge < -0.3 is 19.1 Å². The Hall–Kier alpha value is -3.10. The van der Waals surface area contributed by atoms with Crippen LogP contribution in [0.4, 0.5) is 0 Å². The maximum absolute atomic E-state index is 12.8. The fourth-order valence-electron chi connectivity index (χ4n) is 3.52. The molecule has 4 rings (SSSR count). The first kappa shape index (κ1) is 18.3. The highest BCUT2D eigenvalue weighted by atomic mass is 16.6. The molecule has 2 aliphatic heterocycles. The van der Waals surface area contributed by atoms with Gasteiger partial charge >= 0.3 is 0 Å². The number of oxime groups is 1. The lowest BCUT2D eigenvalue weighted by Gasteiger charge is -2.35. The molecular weight excluding hydrogens is 362 g/mol. The SMILES string of the molecule is CCn1cc(C2=NO[C@H](C(=O)N3CCN(C(=O)c4ccco4)CC3)C2)c(C)n1. The summed E-state index contributed by atoms with van der Waals surface area (Å²) in [4.78, 5) is 34.0. The first-order valence-electron chi connectivity index (χ1n) is 9.45. The topological polar surface area (TPSA) is 93.2 Å². The molecule has 0 aliphatic carbocycles. The maximum atomic E-state index is 12.8. The molecule has 2 aromatic heterocycles. The van der Waals surface area contributed by atoms with Crippen LogP contribution in [0, 0.1) is 6.92 Å².